The van der Waals surface area contributed by atoms with Crippen LogP contribution in [0.3, 0.4) is 0 Å². The number of likely N-dealkylation sites (tertiary alicyclic amines) is 1. The number of aromatic nitrogens is 2. The van der Waals surface area contributed by atoms with Gasteiger partial charge in [-0.25, -0.2) is 0 Å². The molecule has 0 saturated carbocycles. The average molecular weight is 463 g/mol. The lowest BCUT2D eigenvalue weighted by Crippen LogP contribution is -2.41. The molecule has 2 N–H and O–H groups in total. The Hall–Kier alpha value is -3.58. The van der Waals surface area contributed by atoms with Crippen molar-refractivity contribution in [2.75, 3.05) is 13.1 Å². The standard InChI is InChI=1S/C25H23ClN4O3/c26-21-14-27-22-13-17(6-9-20(21)22)25(33)29-12-10-18(15-29)28-24(32)16-4-7-19(8-5-16)30-11-2-1-3-23(30)31/h1-4,6-9,11,13-14,16,18,27H,5,10,12,15H2,(H,28,32). The van der Waals surface area contributed by atoms with Crippen LogP contribution in [0.4, 0.5) is 0 Å². The van der Waals surface area contributed by atoms with E-state index < -0.39 is 0 Å². The first kappa shape index (κ1) is 21.3. The van der Waals surface area contributed by atoms with Gasteiger partial charge in [-0.2, -0.15) is 0 Å². The van der Waals surface area contributed by atoms with E-state index in [1.54, 1.807) is 40.1 Å². The lowest BCUT2D eigenvalue weighted by molar-refractivity contribution is -0.124. The number of fused-ring (bicyclic) bond motifs is 1. The van der Waals surface area contributed by atoms with Gasteiger partial charge in [-0.1, -0.05) is 35.9 Å². The molecule has 2 atom stereocenters. The maximum absolute atomic E-state index is 12.9. The molecule has 2 amide bonds. The van der Waals surface area contributed by atoms with E-state index in [1.165, 1.54) is 6.07 Å². The third-order valence-electron chi connectivity index (χ3n) is 6.22. The van der Waals surface area contributed by atoms with Crippen molar-refractivity contribution in [3.05, 3.63) is 88.0 Å². The van der Waals surface area contributed by atoms with Crippen LogP contribution in [0.5, 0.6) is 0 Å². The van der Waals surface area contributed by atoms with Gasteiger partial charge in [0.1, 0.15) is 0 Å². The molecule has 2 aliphatic rings. The predicted octanol–water partition coefficient (Wildman–Crippen LogP) is 3.43. The monoisotopic (exact) mass is 462 g/mol. The molecule has 1 fully saturated rings. The Balaban J connectivity index is 1.18. The van der Waals surface area contributed by atoms with E-state index in [0.29, 0.717) is 36.5 Å². The highest BCUT2D eigenvalue weighted by atomic mass is 35.5. The molecular weight excluding hydrogens is 440 g/mol. The van der Waals surface area contributed by atoms with E-state index in [4.69, 9.17) is 11.6 Å². The molecule has 33 heavy (non-hydrogen) atoms. The maximum atomic E-state index is 12.9. The molecule has 1 aliphatic heterocycles. The van der Waals surface area contributed by atoms with Crippen LogP contribution in [0.1, 0.15) is 23.2 Å². The highest BCUT2D eigenvalue weighted by Gasteiger charge is 2.30. The number of amides is 2. The molecule has 5 rings (SSSR count). The number of pyridine rings is 1. The van der Waals surface area contributed by atoms with Gasteiger partial charge in [0.25, 0.3) is 11.5 Å². The minimum atomic E-state index is -0.294. The Bertz CT molecular complexity index is 1350. The van der Waals surface area contributed by atoms with E-state index in [9.17, 15) is 14.4 Å². The summed E-state index contributed by atoms with van der Waals surface area (Å²) in [5.41, 5.74) is 2.08. The first-order valence-corrected chi connectivity index (χ1v) is 11.3. The minimum absolute atomic E-state index is 0.0576. The lowest BCUT2D eigenvalue weighted by Gasteiger charge is -2.20. The summed E-state index contributed by atoms with van der Waals surface area (Å²) < 4.78 is 1.56. The zero-order valence-electron chi connectivity index (χ0n) is 17.8. The van der Waals surface area contributed by atoms with Gasteiger partial charge in [0.2, 0.25) is 5.91 Å². The van der Waals surface area contributed by atoms with E-state index >= 15 is 0 Å². The average Bonchev–Trinajstić information content (AvgIpc) is 3.45. The number of aromatic amines is 1. The SMILES string of the molecule is O=C(NC1CCN(C(=O)c2ccc3c(Cl)c[nH]c3c2)C1)C1C=CC(n2ccccc2=O)=CC1. The molecule has 0 radical (unpaired) electrons. The fourth-order valence-electron chi connectivity index (χ4n) is 4.40. The summed E-state index contributed by atoms with van der Waals surface area (Å²) in [6.45, 7) is 1.07. The Morgan fingerprint density at radius 3 is 2.85 bits per heavy atom. The van der Waals surface area contributed by atoms with Gasteiger partial charge >= 0.3 is 0 Å². The molecule has 3 aromatic rings. The first-order valence-electron chi connectivity index (χ1n) is 10.9. The van der Waals surface area contributed by atoms with E-state index in [-0.39, 0.29) is 29.3 Å². The summed E-state index contributed by atoms with van der Waals surface area (Å²) in [7, 11) is 0. The number of carbonyl (C=O) groups excluding carboxylic acids is 2. The number of halogens is 1. The molecule has 1 aliphatic carbocycles. The van der Waals surface area contributed by atoms with Gasteiger partial charge in [-0.3, -0.25) is 19.0 Å². The summed E-state index contributed by atoms with van der Waals surface area (Å²) in [5, 5.41) is 4.59. The number of benzene rings is 1. The smallest absolute Gasteiger partial charge is 0.255 e. The van der Waals surface area contributed by atoms with Crippen molar-refractivity contribution in [3.8, 4) is 0 Å². The Morgan fingerprint density at radius 1 is 1.18 bits per heavy atom. The van der Waals surface area contributed by atoms with E-state index in [1.807, 2.05) is 30.4 Å². The zero-order valence-corrected chi connectivity index (χ0v) is 18.6. The van der Waals surface area contributed by atoms with Crippen LogP contribution in [-0.4, -0.2) is 45.4 Å². The molecule has 1 aromatic carbocycles. The van der Waals surface area contributed by atoms with Crippen LogP contribution in [0.15, 0.2) is 71.8 Å². The van der Waals surface area contributed by atoms with Gasteiger partial charge in [-0.15, -0.1) is 0 Å². The summed E-state index contributed by atoms with van der Waals surface area (Å²) >= 11 is 6.12. The van der Waals surface area contributed by atoms with Gasteiger partial charge in [0, 0.05) is 59.8 Å². The van der Waals surface area contributed by atoms with Crippen LogP contribution < -0.4 is 10.9 Å². The summed E-state index contributed by atoms with van der Waals surface area (Å²) in [6.07, 6.45) is 10.2. The molecule has 2 unspecified atom stereocenters. The summed E-state index contributed by atoms with van der Waals surface area (Å²) in [5.74, 6) is -0.417. The molecule has 3 heterocycles. The van der Waals surface area contributed by atoms with Crippen molar-refractivity contribution < 1.29 is 9.59 Å². The van der Waals surface area contributed by atoms with Gasteiger partial charge in [0.05, 0.1) is 10.9 Å². The van der Waals surface area contributed by atoms with Crippen molar-refractivity contribution in [1.82, 2.24) is 19.8 Å². The lowest BCUT2D eigenvalue weighted by atomic mass is 9.98. The summed E-state index contributed by atoms with van der Waals surface area (Å²) in [6, 6.07) is 10.4. The largest absolute Gasteiger partial charge is 0.360 e. The van der Waals surface area contributed by atoms with Crippen LogP contribution in [0.2, 0.25) is 5.02 Å². The molecule has 1 saturated heterocycles. The quantitative estimate of drug-likeness (QED) is 0.622. The van der Waals surface area contributed by atoms with E-state index in [0.717, 1.165) is 16.6 Å². The number of hydrogen-bond acceptors (Lipinski definition) is 3. The second kappa shape index (κ2) is 8.75. The van der Waals surface area contributed by atoms with E-state index in [2.05, 4.69) is 10.3 Å². The molecule has 7 nitrogen and oxygen atoms in total. The van der Waals surface area contributed by atoms with Crippen LogP contribution in [0, 0.1) is 5.92 Å². The number of nitrogens with zero attached hydrogens (tertiary/aromatic N) is 2. The highest BCUT2D eigenvalue weighted by molar-refractivity contribution is 6.35. The fourth-order valence-corrected chi connectivity index (χ4v) is 4.62. The Morgan fingerprint density at radius 2 is 2.06 bits per heavy atom. The van der Waals surface area contributed by atoms with Crippen molar-refractivity contribution in [1.29, 1.82) is 0 Å². The minimum Gasteiger partial charge on any atom is -0.360 e. The third kappa shape index (κ3) is 4.24. The van der Waals surface area contributed by atoms with Crippen molar-refractivity contribution in [2.45, 2.75) is 18.9 Å². The number of carbonyl (C=O) groups is 2. The number of nitrogens with one attached hydrogen (secondary N) is 2. The van der Waals surface area contributed by atoms with Crippen LogP contribution >= 0.6 is 11.6 Å². The maximum Gasteiger partial charge on any atom is 0.255 e. The number of rotatable bonds is 4. The first-order chi connectivity index (χ1) is 16.0. The van der Waals surface area contributed by atoms with Crippen LogP contribution in [-0.2, 0) is 4.79 Å². The van der Waals surface area contributed by atoms with Crippen molar-refractivity contribution in [3.63, 3.8) is 0 Å². The molecule has 8 heteroatoms. The van der Waals surface area contributed by atoms with Crippen molar-refractivity contribution >= 4 is 40.0 Å². The number of H-pyrrole nitrogens is 1. The van der Waals surface area contributed by atoms with Crippen molar-refractivity contribution in [2.24, 2.45) is 5.92 Å². The summed E-state index contributed by atoms with van der Waals surface area (Å²) in [4.78, 5) is 42.6. The Labute approximate surface area is 195 Å². The molecular formula is C25H23ClN4O3. The van der Waals surface area contributed by atoms with Gasteiger partial charge in [-0.05, 0) is 37.1 Å². The number of allylic oxidation sites excluding steroid dienone is 3. The number of hydrogen-bond donors (Lipinski definition) is 2. The van der Waals surface area contributed by atoms with Gasteiger partial charge < -0.3 is 15.2 Å². The molecule has 0 bridgehead atoms. The van der Waals surface area contributed by atoms with Crippen LogP contribution in [0.25, 0.3) is 16.6 Å². The normalized spacial score (nSPS) is 20.2. The highest BCUT2D eigenvalue weighted by Crippen LogP contribution is 2.25. The molecule has 2 aromatic heterocycles. The molecule has 168 valence electrons. The molecule has 0 spiro atoms. The second-order valence-electron chi connectivity index (χ2n) is 8.38. The zero-order chi connectivity index (χ0) is 22.9. The Kier molecular flexibility index (Phi) is 5.64. The fraction of sp³-hybridized carbons (Fsp3) is 0.240. The topological polar surface area (TPSA) is 87.2 Å². The second-order valence-corrected chi connectivity index (χ2v) is 8.79. The van der Waals surface area contributed by atoms with Gasteiger partial charge in [0.15, 0.2) is 0 Å². The third-order valence-corrected chi connectivity index (χ3v) is 6.53. The predicted molar refractivity (Wildman–Crippen MR) is 128 cm³/mol.